The van der Waals surface area contributed by atoms with E-state index in [0.29, 0.717) is 16.5 Å². The van der Waals surface area contributed by atoms with Gasteiger partial charge >= 0.3 is 0 Å². The maximum atomic E-state index is 5.98. The molecule has 4 nitrogen and oxygen atoms in total. The number of aryl methyl sites for hydroxylation is 1. The number of nitrogens with zero attached hydrogens (tertiary/aromatic N) is 2. The van der Waals surface area contributed by atoms with Gasteiger partial charge < -0.3 is 14.8 Å². The predicted molar refractivity (Wildman–Crippen MR) is 67.8 cm³/mol. The minimum atomic E-state index is 0.530. The SMILES string of the molecule is Cn1c(-c2oncc2N)cc2ccc(Cl)cc21. The molecule has 3 rings (SSSR count). The van der Waals surface area contributed by atoms with Crippen molar-refractivity contribution < 1.29 is 4.52 Å². The first-order chi connectivity index (χ1) is 8.16. The second kappa shape index (κ2) is 3.53. The molecule has 86 valence electrons. The van der Waals surface area contributed by atoms with E-state index in [1.807, 2.05) is 35.9 Å². The minimum absolute atomic E-state index is 0.530. The molecule has 2 aromatic heterocycles. The number of rotatable bonds is 1. The van der Waals surface area contributed by atoms with Crippen molar-refractivity contribution in [1.29, 1.82) is 0 Å². The summed E-state index contributed by atoms with van der Waals surface area (Å²) >= 11 is 5.98. The van der Waals surface area contributed by atoms with Gasteiger partial charge in [-0.25, -0.2) is 0 Å². The normalized spacial score (nSPS) is 11.2. The fraction of sp³-hybridized carbons (Fsp3) is 0.0833. The summed E-state index contributed by atoms with van der Waals surface area (Å²) in [6, 6.07) is 7.74. The number of aromatic nitrogens is 2. The molecule has 0 atom stereocenters. The highest BCUT2D eigenvalue weighted by atomic mass is 35.5. The Bertz CT molecular complexity index is 699. The van der Waals surface area contributed by atoms with Crippen molar-refractivity contribution in [1.82, 2.24) is 9.72 Å². The van der Waals surface area contributed by atoms with Crippen LogP contribution in [0.2, 0.25) is 5.02 Å². The predicted octanol–water partition coefficient (Wildman–Crippen LogP) is 3.07. The number of benzene rings is 1. The lowest BCUT2D eigenvalue weighted by Gasteiger charge is -2.01. The van der Waals surface area contributed by atoms with E-state index in [1.54, 1.807) is 0 Å². The monoisotopic (exact) mass is 247 g/mol. The van der Waals surface area contributed by atoms with Gasteiger partial charge in [-0.3, -0.25) is 0 Å². The maximum Gasteiger partial charge on any atom is 0.206 e. The van der Waals surface area contributed by atoms with Gasteiger partial charge in [-0.15, -0.1) is 0 Å². The lowest BCUT2D eigenvalue weighted by Crippen LogP contribution is -1.92. The van der Waals surface area contributed by atoms with Gasteiger partial charge in [0.05, 0.1) is 11.9 Å². The number of hydrogen-bond acceptors (Lipinski definition) is 3. The van der Waals surface area contributed by atoms with Gasteiger partial charge in [0, 0.05) is 23.0 Å². The van der Waals surface area contributed by atoms with Crippen LogP contribution >= 0.6 is 11.6 Å². The molecule has 0 radical (unpaired) electrons. The van der Waals surface area contributed by atoms with E-state index in [9.17, 15) is 0 Å². The summed E-state index contributed by atoms with van der Waals surface area (Å²) in [5, 5.41) is 5.48. The van der Waals surface area contributed by atoms with E-state index in [2.05, 4.69) is 5.16 Å². The van der Waals surface area contributed by atoms with Crippen molar-refractivity contribution in [2.45, 2.75) is 0 Å². The second-order valence-corrected chi connectivity index (χ2v) is 4.34. The maximum absolute atomic E-state index is 5.98. The highest BCUT2D eigenvalue weighted by molar-refractivity contribution is 6.31. The summed E-state index contributed by atoms with van der Waals surface area (Å²) in [5.41, 5.74) is 8.24. The summed E-state index contributed by atoms with van der Waals surface area (Å²) < 4.78 is 7.15. The molecule has 0 aliphatic carbocycles. The fourth-order valence-corrected chi connectivity index (χ4v) is 2.13. The van der Waals surface area contributed by atoms with Crippen molar-refractivity contribution in [2.75, 3.05) is 5.73 Å². The molecule has 0 aliphatic rings. The number of halogens is 1. The lowest BCUT2D eigenvalue weighted by atomic mass is 10.2. The van der Waals surface area contributed by atoms with Crippen molar-refractivity contribution >= 4 is 28.2 Å². The molecule has 1 aromatic carbocycles. The van der Waals surface area contributed by atoms with Gasteiger partial charge in [-0.1, -0.05) is 22.8 Å². The van der Waals surface area contributed by atoms with Crippen LogP contribution < -0.4 is 5.73 Å². The highest BCUT2D eigenvalue weighted by Gasteiger charge is 2.14. The zero-order chi connectivity index (χ0) is 12.0. The highest BCUT2D eigenvalue weighted by Crippen LogP contribution is 2.31. The van der Waals surface area contributed by atoms with Gasteiger partial charge in [-0.2, -0.15) is 0 Å². The minimum Gasteiger partial charge on any atom is -0.394 e. The summed E-state index contributed by atoms with van der Waals surface area (Å²) in [6.07, 6.45) is 1.50. The molecule has 0 spiro atoms. The van der Waals surface area contributed by atoms with E-state index >= 15 is 0 Å². The molecule has 0 fully saturated rings. The topological polar surface area (TPSA) is 57.0 Å². The molecule has 0 amide bonds. The number of fused-ring (bicyclic) bond motifs is 1. The molecule has 17 heavy (non-hydrogen) atoms. The van der Waals surface area contributed by atoms with Crippen LogP contribution in [-0.4, -0.2) is 9.72 Å². The van der Waals surface area contributed by atoms with Gasteiger partial charge in [0.25, 0.3) is 0 Å². The second-order valence-electron chi connectivity index (χ2n) is 3.90. The molecule has 3 aromatic rings. The summed E-state index contributed by atoms with van der Waals surface area (Å²) in [7, 11) is 1.94. The Morgan fingerprint density at radius 1 is 1.35 bits per heavy atom. The van der Waals surface area contributed by atoms with Crippen molar-refractivity contribution in [3.63, 3.8) is 0 Å². The first-order valence-corrected chi connectivity index (χ1v) is 5.50. The standard InChI is InChI=1S/C12H10ClN3O/c1-16-10-5-8(13)3-2-7(10)4-11(16)12-9(14)6-15-17-12/h2-6H,14H2,1H3. The number of nitrogens with two attached hydrogens (primary N) is 1. The number of anilines is 1. The lowest BCUT2D eigenvalue weighted by molar-refractivity contribution is 0.430. The van der Waals surface area contributed by atoms with Crippen LogP contribution in [0.3, 0.4) is 0 Å². The fourth-order valence-electron chi connectivity index (χ4n) is 1.96. The largest absolute Gasteiger partial charge is 0.394 e. The molecule has 2 N–H and O–H groups in total. The first kappa shape index (κ1) is 10.2. The molecule has 0 saturated heterocycles. The van der Waals surface area contributed by atoms with Gasteiger partial charge in [-0.05, 0) is 18.2 Å². The number of hydrogen-bond donors (Lipinski definition) is 1. The summed E-state index contributed by atoms with van der Waals surface area (Å²) in [6.45, 7) is 0. The molecule has 2 heterocycles. The quantitative estimate of drug-likeness (QED) is 0.719. The molecular weight excluding hydrogens is 238 g/mol. The van der Waals surface area contributed by atoms with E-state index in [1.165, 1.54) is 6.20 Å². The number of nitrogen functional groups attached to an aromatic ring is 1. The first-order valence-electron chi connectivity index (χ1n) is 5.12. The van der Waals surface area contributed by atoms with E-state index < -0.39 is 0 Å². The molecule has 0 unspecified atom stereocenters. The van der Waals surface area contributed by atoms with E-state index in [-0.39, 0.29) is 0 Å². The molecule has 0 aliphatic heterocycles. The van der Waals surface area contributed by atoms with Crippen molar-refractivity contribution in [3.8, 4) is 11.5 Å². The van der Waals surface area contributed by atoms with Crippen LogP contribution in [-0.2, 0) is 7.05 Å². The average molecular weight is 248 g/mol. The molecule has 0 bridgehead atoms. The van der Waals surface area contributed by atoms with Gasteiger partial charge in [0.2, 0.25) is 5.76 Å². The van der Waals surface area contributed by atoms with Crippen molar-refractivity contribution in [3.05, 3.63) is 35.5 Å². The zero-order valence-corrected chi connectivity index (χ0v) is 9.90. The third-order valence-corrected chi connectivity index (χ3v) is 3.07. The van der Waals surface area contributed by atoms with Crippen LogP contribution in [0.4, 0.5) is 5.69 Å². The van der Waals surface area contributed by atoms with Crippen molar-refractivity contribution in [2.24, 2.45) is 7.05 Å². The van der Waals surface area contributed by atoms with Gasteiger partial charge in [0.15, 0.2) is 0 Å². The Labute approximate surface area is 103 Å². The smallest absolute Gasteiger partial charge is 0.206 e. The van der Waals surface area contributed by atoms with Crippen LogP contribution in [0.1, 0.15) is 0 Å². The van der Waals surface area contributed by atoms with E-state index in [0.717, 1.165) is 16.6 Å². The Morgan fingerprint density at radius 3 is 2.88 bits per heavy atom. The molecular formula is C12H10ClN3O. The van der Waals surface area contributed by atoms with Crippen LogP contribution in [0, 0.1) is 0 Å². The molecule has 0 saturated carbocycles. The van der Waals surface area contributed by atoms with E-state index in [4.69, 9.17) is 21.9 Å². The summed E-state index contributed by atoms with van der Waals surface area (Å²) in [5.74, 6) is 0.583. The van der Waals surface area contributed by atoms with Gasteiger partial charge in [0.1, 0.15) is 5.69 Å². The third kappa shape index (κ3) is 1.49. The Hall–Kier alpha value is -1.94. The van der Waals surface area contributed by atoms with Crippen LogP contribution in [0.25, 0.3) is 22.4 Å². The van der Waals surface area contributed by atoms with Crippen LogP contribution in [0.5, 0.6) is 0 Å². The third-order valence-electron chi connectivity index (χ3n) is 2.84. The Balaban J connectivity index is 2.32. The zero-order valence-electron chi connectivity index (χ0n) is 9.14. The average Bonchev–Trinajstić information content (AvgIpc) is 2.84. The Morgan fingerprint density at radius 2 is 2.18 bits per heavy atom. The summed E-state index contributed by atoms with van der Waals surface area (Å²) in [4.78, 5) is 0. The molecule has 5 heteroatoms. The van der Waals surface area contributed by atoms with Crippen LogP contribution in [0.15, 0.2) is 35.0 Å². The Kier molecular flexibility index (Phi) is 2.12.